The Kier molecular flexibility index (Phi) is 7.65. The molecule has 0 saturated carbocycles. The van der Waals surface area contributed by atoms with Crippen LogP contribution in [0.3, 0.4) is 0 Å². The smallest absolute Gasteiger partial charge is 0.307 e. The Bertz CT molecular complexity index is 855. The summed E-state index contributed by atoms with van der Waals surface area (Å²) in [5.74, 6) is -0.784. The first-order valence-electron chi connectivity index (χ1n) is 11.5. The first-order chi connectivity index (χ1) is 14.8. The van der Waals surface area contributed by atoms with Crippen LogP contribution >= 0.6 is 0 Å². The van der Waals surface area contributed by atoms with E-state index in [1.807, 2.05) is 20.1 Å². The fourth-order valence-electron chi connectivity index (χ4n) is 4.40. The quantitative estimate of drug-likeness (QED) is 0.619. The number of rotatable bonds is 8. The molecule has 0 aliphatic carbocycles. The normalized spacial score (nSPS) is 22.5. The molecule has 1 aromatic carbocycles. The van der Waals surface area contributed by atoms with Crippen molar-refractivity contribution in [2.45, 2.75) is 52.0 Å². The SMILES string of the molecule is CCCC(C(=O)O)C(Cc1ccc(C2=CC[N+](C)(C)CC2)cc1)C1=NC(C)CC=NN1. The third kappa shape index (κ3) is 6.26. The molecule has 0 aromatic heterocycles. The van der Waals surface area contributed by atoms with Crippen LogP contribution < -0.4 is 5.43 Å². The van der Waals surface area contributed by atoms with Gasteiger partial charge in [0.25, 0.3) is 0 Å². The van der Waals surface area contributed by atoms with Crippen LogP contribution in [0.2, 0.25) is 0 Å². The molecule has 1 aromatic rings. The fraction of sp³-hybridized carbons (Fsp3) is 0.560. The van der Waals surface area contributed by atoms with Crippen molar-refractivity contribution in [3.05, 3.63) is 41.5 Å². The Balaban J connectivity index is 1.83. The summed E-state index contributed by atoms with van der Waals surface area (Å²) in [6.45, 7) is 6.28. The summed E-state index contributed by atoms with van der Waals surface area (Å²) in [6, 6.07) is 8.75. The summed E-state index contributed by atoms with van der Waals surface area (Å²) in [6.07, 6.45) is 8.10. The predicted octanol–water partition coefficient (Wildman–Crippen LogP) is 3.98. The average Bonchev–Trinajstić information content (AvgIpc) is 2.95. The van der Waals surface area contributed by atoms with Gasteiger partial charge in [-0.15, -0.1) is 0 Å². The molecule has 2 N–H and O–H groups in total. The molecule has 0 saturated heterocycles. The van der Waals surface area contributed by atoms with Crippen molar-refractivity contribution in [2.75, 3.05) is 27.2 Å². The number of hydrogen-bond acceptors (Lipinski definition) is 4. The number of benzene rings is 1. The molecular weight excluding hydrogens is 388 g/mol. The second-order valence-electron chi connectivity index (χ2n) is 9.58. The van der Waals surface area contributed by atoms with Crippen LogP contribution in [0.4, 0.5) is 0 Å². The van der Waals surface area contributed by atoms with Gasteiger partial charge in [0.05, 0.1) is 39.1 Å². The highest BCUT2D eigenvalue weighted by Crippen LogP contribution is 2.28. The van der Waals surface area contributed by atoms with Crippen molar-refractivity contribution in [1.29, 1.82) is 0 Å². The fourth-order valence-corrected chi connectivity index (χ4v) is 4.40. The lowest BCUT2D eigenvalue weighted by Gasteiger charge is -2.32. The van der Waals surface area contributed by atoms with Crippen LogP contribution in [0.15, 0.2) is 40.4 Å². The summed E-state index contributed by atoms with van der Waals surface area (Å²) in [5, 5.41) is 14.2. The molecule has 0 bridgehead atoms. The molecule has 3 atom stereocenters. The topological polar surface area (TPSA) is 74.0 Å². The number of carbonyl (C=O) groups is 1. The Morgan fingerprint density at radius 3 is 2.65 bits per heavy atom. The molecule has 3 rings (SSSR count). The Morgan fingerprint density at radius 2 is 2.03 bits per heavy atom. The predicted molar refractivity (Wildman–Crippen MR) is 127 cm³/mol. The Morgan fingerprint density at radius 1 is 1.29 bits per heavy atom. The van der Waals surface area contributed by atoms with E-state index in [2.05, 4.69) is 55.0 Å². The van der Waals surface area contributed by atoms with Crippen LogP contribution in [-0.2, 0) is 11.2 Å². The number of likely N-dealkylation sites (N-methyl/N-ethyl adjacent to an activating group) is 1. The monoisotopic (exact) mass is 425 g/mol. The lowest BCUT2D eigenvalue weighted by Crippen LogP contribution is -2.42. The maximum atomic E-state index is 12.1. The van der Waals surface area contributed by atoms with Gasteiger partial charge in [-0.05, 0) is 42.5 Å². The number of nitrogens with zero attached hydrogens (tertiary/aromatic N) is 3. The zero-order chi connectivity index (χ0) is 22.4. The number of nitrogens with one attached hydrogen (secondary N) is 1. The summed E-state index contributed by atoms with van der Waals surface area (Å²) in [7, 11) is 4.53. The van der Waals surface area contributed by atoms with Crippen LogP contribution in [0, 0.1) is 11.8 Å². The van der Waals surface area contributed by atoms with Gasteiger partial charge in [0.1, 0.15) is 5.84 Å². The highest BCUT2D eigenvalue weighted by molar-refractivity contribution is 5.90. The molecule has 31 heavy (non-hydrogen) atoms. The van der Waals surface area contributed by atoms with Crippen molar-refractivity contribution >= 4 is 23.6 Å². The summed E-state index contributed by atoms with van der Waals surface area (Å²) < 4.78 is 1.04. The van der Waals surface area contributed by atoms with Gasteiger partial charge in [-0.2, -0.15) is 5.10 Å². The first kappa shape index (κ1) is 23.2. The summed E-state index contributed by atoms with van der Waals surface area (Å²) in [4.78, 5) is 16.9. The lowest BCUT2D eigenvalue weighted by molar-refractivity contribution is -0.885. The van der Waals surface area contributed by atoms with Gasteiger partial charge >= 0.3 is 5.97 Å². The van der Waals surface area contributed by atoms with E-state index in [0.717, 1.165) is 42.4 Å². The Labute approximate surface area is 186 Å². The molecule has 0 fully saturated rings. The van der Waals surface area contributed by atoms with E-state index in [0.29, 0.717) is 18.7 Å². The third-order valence-corrected chi connectivity index (χ3v) is 6.43. The van der Waals surface area contributed by atoms with Crippen LogP contribution in [-0.4, -0.2) is 60.8 Å². The minimum absolute atomic E-state index is 0.0931. The summed E-state index contributed by atoms with van der Waals surface area (Å²) >= 11 is 0. The first-order valence-corrected chi connectivity index (χ1v) is 11.5. The molecule has 2 aliphatic rings. The number of aliphatic imine (C=N–C) groups is 1. The maximum Gasteiger partial charge on any atom is 0.307 e. The van der Waals surface area contributed by atoms with Crippen LogP contribution in [0.25, 0.3) is 5.57 Å². The van der Waals surface area contributed by atoms with Crippen molar-refractivity contribution in [2.24, 2.45) is 21.9 Å². The molecule has 6 heteroatoms. The van der Waals surface area contributed by atoms with Gasteiger partial charge in [0.15, 0.2) is 0 Å². The van der Waals surface area contributed by atoms with Crippen LogP contribution in [0.1, 0.15) is 50.7 Å². The van der Waals surface area contributed by atoms with Gasteiger partial charge in [0.2, 0.25) is 0 Å². The molecule has 0 radical (unpaired) electrons. The van der Waals surface area contributed by atoms with Crippen LogP contribution in [0.5, 0.6) is 0 Å². The zero-order valence-corrected chi connectivity index (χ0v) is 19.3. The standard InChI is InChI=1S/C25H36N4O2/c1-5-6-22(25(30)31)23(24-27-18(2)11-14-26-28-24)17-19-7-9-20(10-8-19)21-12-15-29(3,4)16-13-21/h7-10,12,14,18,22-23H,5-6,11,13,15-17H2,1-4H3,(H-,27,28,30,31)/p+1. The van der Waals surface area contributed by atoms with Gasteiger partial charge in [-0.25, -0.2) is 0 Å². The number of carboxylic acids is 1. The van der Waals surface area contributed by atoms with E-state index in [-0.39, 0.29) is 12.0 Å². The van der Waals surface area contributed by atoms with Crippen molar-refractivity contribution in [1.82, 2.24) is 5.43 Å². The highest BCUT2D eigenvalue weighted by atomic mass is 16.4. The molecule has 6 nitrogen and oxygen atoms in total. The molecule has 3 unspecified atom stereocenters. The van der Waals surface area contributed by atoms with Gasteiger partial charge in [0, 0.05) is 25.0 Å². The number of amidine groups is 1. The molecular formula is C25H37N4O2+. The minimum Gasteiger partial charge on any atom is -0.481 e. The molecule has 2 aliphatic heterocycles. The molecule has 168 valence electrons. The lowest BCUT2D eigenvalue weighted by atomic mass is 9.82. The van der Waals surface area contributed by atoms with E-state index < -0.39 is 11.9 Å². The maximum absolute atomic E-state index is 12.1. The second-order valence-corrected chi connectivity index (χ2v) is 9.58. The van der Waals surface area contributed by atoms with E-state index in [1.54, 1.807) is 0 Å². The van der Waals surface area contributed by atoms with Crippen molar-refractivity contribution in [3.63, 3.8) is 0 Å². The van der Waals surface area contributed by atoms with Crippen molar-refractivity contribution in [3.8, 4) is 0 Å². The second kappa shape index (κ2) is 10.2. The number of carboxylic acid groups (broad SMARTS) is 1. The average molecular weight is 426 g/mol. The van der Waals surface area contributed by atoms with E-state index in [1.165, 1.54) is 11.1 Å². The van der Waals surface area contributed by atoms with E-state index in [4.69, 9.17) is 4.99 Å². The largest absolute Gasteiger partial charge is 0.481 e. The Hall–Kier alpha value is -2.47. The molecule has 2 heterocycles. The third-order valence-electron chi connectivity index (χ3n) is 6.43. The minimum atomic E-state index is -0.762. The highest BCUT2D eigenvalue weighted by Gasteiger charge is 2.32. The zero-order valence-electron chi connectivity index (χ0n) is 19.3. The number of quaternary nitrogens is 1. The molecule has 0 spiro atoms. The number of aliphatic carboxylic acids is 1. The van der Waals surface area contributed by atoms with E-state index >= 15 is 0 Å². The summed E-state index contributed by atoms with van der Waals surface area (Å²) in [5.41, 5.74) is 6.86. The van der Waals surface area contributed by atoms with Gasteiger partial charge in [-0.1, -0.05) is 37.6 Å². The molecule has 0 amide bonds. The van der Waals surface area contributed by atoms with Gasteiger partial charge < -0.3 is 9.59 Å². The number of hydrogen-bond donors (Lipinski definition) is 2. The van der Waals surface area contributed by atoms with Gasteiger partial charge in [-0.3, -0.25) is 15.2 Å². The van der Waals surface area contributed by atoms with Crippen molar-refractivity contribution < 1.29 is 14.4 Å². The number of hydrazone groups is 1. The van der Waals surface area contributed by atoms with E-state index in [9.17, 15) is 9.90 Å².